The molecule has 1 saturated heterocycles. The number of aryl methyl sites for hydroxylation is 1. The summed E-state index contributed by atoms with van der Waals surface area (Å²) in [4.78, 5) is 9.19. The van der Waals surface area contributed by atoms with Crippen molar-refractivity contribution >= 4 is 23.3 Å². The van der Waals surface area contributed by atoms with Gasteiger partial charge in [0.05, 0.1) is 5.54 Å². The molecule has 1 aromatic heterocycles. The minimum atomic E-state index is 0. The van der Waals surface area contributed by atoms with Gasteiger partial charge in [-0.05, 0) is 89.8 Å². The molecular formula is C27H36ClN3. The number of hydrogen-bond acceptors (Lipinski definition) is 2. The van der Waals surface area contributed by atoms with E-state index in [-0.39, 0.29) is 23.5 Å². The van der Waals surface area contributed by atoms with Crippen LogP contribution in [-0.4, -0.2) is 42.0 Å². The Balaban J connectivity index is 0.00000231. The van der Waals surface area contributed by atoms with Crippen LogP contribution in [0.1, 0.15) is 55.3 Å². The van der Waals surface area contributed by atoms with Crippen molar-refractivity contribution in [3.63, 3.8) is 0 Å². The Morgan fingerprint density at radius 2 is 1.45 bits per heavy atom. The monoisotopic (exact) mass is 437 g/mol. The van der Waals surface area contributed by atoms with Gasteiger partial charge in [0.1, 0.15) is 0 Å². The zero-order valence-corrected chi connectivity index (χ0v) is 20.0. The third-order valence-corrected chi connectivity index (χ3v) is 8.21. The lowest BCUT2D eigenvalue weighted by molar-refractivity contribution is -0.00609. The number of nitrogens with one attached hydrogen (secondary N) is 1. The number of aromatic nitrogens is 1. The van der Waals surface area contributed by atoms with E-state index in [1.807, 2.05) is 0 Å². The molecule has 2 fully saturated rings. The second-order valence-corrected chi connectivity index (χ2v) is 9.69. The lowest BCUT2D eigenvalue weighted by Gasteiger charge is -2.53. The SMILES string of the molecule is Cc1c(C2(N3CCCC3)CCC(c3ccccc3)(N(C)C)CC2)[nH]c2ccccc12.Cl. The number of rotatable bonds is 4. The zero-order chi connectivity index (χ0) is 20.8. The summed E-state index contributed by atoms with van der Waals surface area (Å²) in [5.41, 5.74) is 5.95. The standard InChI is InChI=1S/C27H35N3.ClH/c1-21-23-13-7-8-14-24(23)28-25(21)27(30-19-9-10-20-30)17-15-26(16-18-27,29(2)3)22-11-5-4-6-12-22;/h4-8,11-14,28H,9-10,15-20H2,1-3H3;1H. The van der Waals surface area contributed by atoms with E-state index in [4.69, 9.17) is 0 Å². The minimum Gasteiger partial charge on any atom is -0.357 e. The molecule has 5 rings (SSSR count). The van der Waals surface area contributed by atoms with E-state index in [1.54, 1.807) is 0 Å². The highest BCUT2D eigenvalue weighted by Gasteiger charge is 2.50. The number of likely N-dealkylation sites (tertiary alicyclic amines) is 1. The van der Waals surface area contributed by atoms with Gasteiger partial charge in [0.15, 0.2) is 0 Å². The number of H-pyrrole nitrogens is 1. The summed E-state index contributed by atoms with van der Waals surface area (Å²) in [6, 6.07) is 20.0. The molecule has 0 spiro atoms. The van der Waals surface area contributed by atoms with Crippen LogP contribution in [0.5, 0.6) is 0 Å². The first-order valence-electron chi connectivity index (χ1n) is 11.6. The van der Waals surface area contributed by atoms with E-state index in [0.717, 1.165) is 0 Å². The molecule has 1 aliphatic heterocycles. The van der Waals surface area contributed by atoms with Crippen molar-refractivity contribution in [2.75, 3.05) is 27.2 Å². The van der Waals surface area contributed by atoms with Gasteiger partial charge < -0.3 is 4.98 Å². The van der Waals surface area contributed by atoms with Gasteiger partial charge in [-0.25, -0.2) is 0 Å². The molecule has 31 heavy (non-hydrogen) atoms. The van der Waals surface area contributed by atoms with Gasteiger partial charge in [-0.1, -0.05) is 48.5 Å². The summed E-state index contributed by atoms with van der Waals surface area (Å²) in [5.74, 6) is 0. The number of hydrogen-bond donors (Lipinski definition) is 1. The van der Waals surface area contributed by atoms with Crippen LogP contribution >= 0.6 is 12.4 Å². The first-order chi connectivity index (χ1) is 14.6. The van der Waals surface area contributed by atoms with E-state index >= 15 is 0 Å². The molecular weight excluding hydrogens is 402 g/mol. The third kappa shape index (κ3) is 3.51. The quantitative estimate of drug-likeness (QED) is 0.523. The highest BCUT2D eigenvalue weighted by atomic mass is 35.5. The first kappa shape index (κ1) is 22.4. The lowest BCUT2D eigenvalue weighted by Crippen LogP contribution is -2.54. The average Bonchev–Trinajstić information content (AvgIpc) is 3.44. The molecule has 3 aromatic rings. The van der Waals surface area contributed by atoms with Crippen LogP contribution in [0.2, 0.25) is 0 Å². The van der Waals surface area contributed by atoms with Crippen LogP contribution in [0.4, 0.5) is 0 Å². The van der Waals surface area contributed by atoms with Gasteiger partial charge in [-0.15, -0.1) is 12.4 Å². The molecule has 2 aliphatic rings. The van der Waals surface area contributed by atoms with Gasteiger partial charge in [-0.3, -0.25) is 9.80 Å². The maximum Gasteiger partial charge on any atom is 0.0616 e. The smallest absolute Gasteiger partial charge is 0.0616 e. The summed E-state index contributed by atoms with van der Waals surface area (Å²) in [7, 11) is 4.54. The van der Waals surface area contributed by atoms with E-state index in [9.17, 15) is 0 Å². The van der Waals surface area contributed by atoms with Crippen LogP contribution < -0.4 is 0 Å². The van der Waals surface area contributed by atoms with Gasteiger partial charge in [0.2, 0.25) is 0 Å². The van der Waals surface area contributed by atoms with Crippen LogP contribution in [-0.2, 0) is 11.1 Å². The molecule has 1 N–H and O–H groups in total. The van der Waals surface area contributed by atoms with E-state index in [1.165, 1.54) is 79.3 Å². The van der Waals surface area contributed by atoms with Crippen LogP contribution in [0.25, 0.3) is 10.9 Å². The molecule has 4 heteroatoms. The molecule has 166 valence electrons. The van der Waals surface area contributed by atoms with Crippen molar-refractivity contribution in [2.45, 2.75) is 56.5 Å². The molecule has 0 radical (unpaired) electrons. The maximum atomic E-state index is 3.89. The number of nitrogens with zero attached hydrogens (tertiary/aromatic N) is 2. The van der Waals surface area contributed by atoms with Crippen molar-refractivity contribution in [3.8, 4) is 0 Å². The van der Waals surface area contributed by atoms with Gasteiger partial charge in [-0.2, -0.15) is 0 Å². The fraction of sp³-hybridized carbons (Fsp3) is 0.481. The number of benzene rings is 2. The van der Waals surface area contributed by atoms with Crippen molar-refractivity contribution in [2.24, 2.45) is 0 Å². The Labute approximate surface area is 193 Å². The maximum absolute atomic E-state index is 3.89. The van der Waals surface area contributed by atoms with Crippen molar-refractivity contribution in [1.82, 2.24) is 14.8 Å². The van der Waals surface area contributed by atoms with E-state index in [2.05, 4.69) is 90.4 Å². The molecule has 2 heterocycles. The normalized spacial score (nSPS) is 27.0. The highest BCUT2D eigenvalue weighted by Crippen LogP contribution is 2.52. The van der Waals surface area contributed by atoms with Crippen molar-refractivity contribution in [3.05, 3.63) is 71.4 Å². The van der Waals surface area contributed by atoms with Crippen molar-refractivity contribution in [1.29, 1.82) is 0 Å². The molecule has 0 bridgehead atoms. The van der Waals surface area contributed by atoms with E-state index < -0.39 is 0 Å². The number of halogens is 1. The Hall–Kier alpha value is -1.81. The van der Waals surface area contributed by atoms with Crippen LogP contribution in [0.15, 0.2) is 54.6 Å². The molecule has 0 atom stereocenters. The van der Waals surface area contributed by atoms with Gasteiger partial charge in [0.25, 0.3) is 0 Å². The zero-order valence-electron chi connectivity index (χ0n) is 19.2. The van der Waals surface area contributed by atoms with Gasteiger partial charge in [0, 0.05) is 22.1 Å². The molecule has 2 aromatic carbocycles. The third-order valence-electron chi connectivity index (χ3n) is 8.21. The van der Waals surface area contributed by atoms with Crippen LogP contribution in [0, 0.1) is 6.92 Å². The summed E-state index contributed by atoms with van der Waals surface area (Å²) in [5, 5.41) is 1.39. The summed E-state index contributed by atoms with van der Waals surface area (Å²) >= 11 is 0. The fourth-order valence-corrected chi connectivity index (χ4v) is 6.44. The Bertz CT molecular complexity index is 1010. The molecule has 3 nitrogen and oxygen atoms in total. The summed E-state index contributed by atoms with van der Waals surface area (Å²) < 4.78 is 0. The molecule has 0 unspecified atom stereocenters. The fourth-order valence-electron chi connectivity index (χ4n) is 6.44. The molecule has 1 saturated carbocycles. The lowest BCUT2D eigenvalue weighted by atomic mass is 9.66. The predicted octanol–water partition coefficient (Wildman–Crippen LogP) is 6.22. The number of fused-ring (bicyclic) bond motifs is 1. The Morgan fingerprint density at radius 1 is 0.839 bits per heavy atom. The summed E-state index contributed by atoms with van der Waals surface area (Å²) in [6.07, 6.45) is 7.45. The second kappa shape index (κ2) is 8.61. The van der Waals surface area contributed by atoms with Crippen molar-refractivity contribution < 1.29 is 0 Å². The number of aromatic amines is 1. The highest BCUT2D eigenvalue weighted by molar-refractivity contribution is 5.85. The summed E-state index contributed by atoms with van der Waals surface area (Å²) in [6.45, 7) is 4.79. The first-order valence-corrected chi connectivity index (χ1v) is 11.6. The second-order valence-electron chi connectivity index (χ2n) is 9.69. The van der Waals surface area contributed by atoms with E-state index in [0.29, 0.717) is 0 Å². The topological polar surface area (TPSA) is 22.3 Å². The molecule has 0 amide bonds. The molecule has 1 aliphatic carbocycles. The van der Waals surface area contributed by atoms with Gasteiger partial charge >= 0.3 is 0 Å². The predicted molar refractivity (Wildman–Crippen MR) is 133 cm³/mol. The average molecular weight is 438 g/mol. The minimum absolute atomic E-state index is 0. The largest absolute Gasteiger partial charge is 0.357 e. The Kier molecular flexibility index (Phi) is 6.22. The van der Waals surface area contributed by atoms with Crippen LogP contribution in [0.3, 0.4) is 0 Å². The number of para-hydroxylation sites is 1. The Morgan fingerprint density at radius 3 is 2.06 bits per heavy atom.